The maximum Gasteiger partial charge on any atom is 0.338 e. The zero-order chi connectivity index (χ0) is 35.1. The first kappa shape index (κ1) is 34.8. The number of hydrogen-bond donors (Lipinski definition) is 0. The third-order valence-electron chi connectivity index (χ3n) is 14.1. The molecule has 1 aromatic rings. The summed E-state index contributed by atoms with van der Waals surface area (Å²) >= 11 is 3.42. The van der Waals surface area contributed by atoms with Crippen molar-refractivity contribution < 1.29 is 38.2 Å². The first-order chi connectivity index (χ1) is 22.6. The number of carbonyl (C=O) groups is 5. The molecule has 9 heteroatoms. The van der Waals surface area contributed by atoms with Gasteiger partial charge in [-0.15, -0.1) is 0 Å². The minimum atomic E-state index is -1.42. The number of ether oxygens (including phenoxy) is 3. The summed E-state index contributed by atoms with van der Waals surface area (Å²) in [6.07, 6.45) is 4.50. The molecule has 0 spiro atoms. The van der Waals surface area contributed by atoms with Gasteiger partial charge in [-0.05, 0) is 109 Å². The van der Waals surface area contributed by atoms with E-state index in [2.05, 4.69) is 22.9 Å². The van der Waals surface area contributed by atoms with Gasteiger partial charge in [0.15, 0.2) is 11.6 Å². The van der Waals surface area contributed by atoms with Crippen LogP contribution in [0.4, 0.5) is 0 Å². The molecule has 0 aliphatic heterocycles. The number of methoxy groups -OCH3 is 2. The second-order valence-corrected chi connectivity index (χ2v) is 16.4. The van der Waals surface area contributed by atoms with E-state index in [-0.39, 0.29) is 35.2 Å². The molecule has 0 saturated heterocycles. The maximum atomic E-state index is 15.4. The van der Waals surface area contributed by atoms with Crippen molar-refractivity contribution in [3.63, 3.8) is 0 Å². The summed E-state index contributed by atoms with van der Waals surface area (Å²) in [5.74, 6) is -3.59. The van der Waals surface area contributed by atoms with E-state index in [1.165, 1.54) is 14.2 Å². The average Bonchev–Trinajstić information content (AvgIpc) is 3.52. The average molecular weight is 724 g/mol. The predicted octanol–water partition coefficient (Wildman–Crippen LogP) is 7.24. The van der Waals surface area contributed by atoms with Crippen molar-refractivity contribution >= 4 is 45.4 Å². The van der Waals surface area contributed by atoms with Gasteiger partial charge < -0.3 is 14.2 Å². The number of Topliss-reactive ketones (excluding diaryl/α,β-unsaturated/α-hetero) is 1. The number of halogens is 1. The van der Waals surface area contributed by atoms with Crippen molar-refractivity contribution in [3.05, 3.63) is 57.1 Å². The van der Waals surface area contributed by atoms with Crippen molar-refractivity contribution in [1.82, 2.24) is 0 Å². The summed E-state index contributed by atoms with van der Waals surface area (Å²) in [6, 6.07) is 6.96. The lowest BCUT2D eigenvalue weighted by Gasteiger charge is -2.56. The molecule has 0 bridgehead atoms. The molecule has 0 aromatic heterocycles. The minimum Gasteiger partial charge on any atom is -0.468 e. The second-order valence-electron chi connectivity index (χ2n) is 15.5. The molecule has 10 atom stereocenters. The van der Waals surface area contributed by atoms with Gasteiger partial charge in [-0.25, -0.2) is 4.79 Å². The van der Waals surface area contributed by atoms with Crippen LogP contribution < -0.4 is 0 Å². The van der Waals surface area contributed by atoms with Crippen LogP contribution in [-0.2, 0) is 33.4 Å². The van der Waals surface area contributed by atoms with Crippen LogP contribution in [0.5, 0.6) is 0 Å². The van der Waals surface area contributed by atoms with Crippen molar-refractivity contribution in [3.8, 4) is 0 Å². The number of carbonyl (C=O) groups excluding carboxylic acids is 5. The van der Waals surface area contributed by atoms with Gasteiger partial charge in [0.2, 0.25) is 0 Å². The zero-order valence-corrected chi connectivity index (χ0v) is 30.8. The van der Waals surface area contributed by atoms with Crippen molar-refractivity contribution in [2.75, 3.05) is 14.2 Å². The Balaban J connectivity index is 1.55. The normalized spacial score (nSPS) is 40.4. The van der Waals surface area contributed by atoms with Crippen LogP contribution in [-0.4, -0.2) is 49.8 Å². The molecule has 0 amide bonds. The highest BCUT2D eigenvalue weighted by Crippen LogP contribution is 2.70. The van der Waals surface area contributed by atoms with Crippen LogP contribution in [0.15, 0.2) is 51.5 Å². The van der Waals surface area contributed by atoms with Gasteiger partial charge in [-0.3, -0.25) is 19.2 Å². The van der Waals surface area contributed by atoms with E-state index < -0.39 is 51.6 Å². The maximum absolute atomic E-state index is 15.4. The number of ketones is 2. The fraction of sp³-hybridized carbons (Fsp3) is 0.615. The van der Waals surface area contributed by atoms with E-state index in [1.807, 2.05) is 34.6 Å². The van der Waals surface area contributed by atoms with Gasteiger partial charge in [-0.1, -0.05) is 63.0 Å². The summed E-state index contributed by atoms with van der Waals surface area (Å²) in [4.78, 5) is 70.9. The molecule has 6 rings (SSSR count). The number of hydrogen-bond acceptors (Lipinski definition) is 8. The molecule has 258 valence electrons. The molecule has 1 aromatic carbocycles. The molecular weight excluding hydrogens is 676 g/mol. The Kier molecular flexibility index (Phi) is 8.53. The number of esters is 3. The predicted molar refractivity (Wildman–Crippen MR) is 181 cm³/mol. The summed E-state index contributed by atoms with van der Waals surface area (Å²) in [5, 5.41) is 0. The van der Waals surface area contributed by atoms with E-state index in [9.17, 15) is 19.2 Å². The topological polar surface area (TPSA) is 113 Å². The van der Waals surface area contributed by atoms with Gasteiger partial charge in [0.25, 0.3) is 0 Å². The van der Waals surface area contributed by atoms with Gasteiger partial charge >= 0.3 is 17.9 Å². The van der Waals surface area contributed by atoms with Crippen LogP contribution in [0.3, 0.4) is 0 Å². The summed E-state index contributed by atoms with van der Waals surface area (Å²) in [6.45, 7) is 12.0. The first-order valence-corrected chi connectivity index (χ1v) is 18.1. The molecule has 2 saturated carbocycles. The van der Waals surface area contributed by atoms with E-state index >= 15 is 4.79 Å². The smallest absolute Gasteiger partial charge is 0.338 e. The Morgan fingerprint density at radius 3 is 1.90 bits per heavy atom. The van der Waals surface area contributed by atoms with Crippen LogP contribution in [0, 0.1) is 51.2 Å². The standard InChI is InChI=1S/C39H47BrO8/c1-20-15-17-36(5)22(3)27(19-29(41)38(20,36)34(44)46-7)26-13-14-28(48-33(43)24-9-11-25(40)12-10-24)30-23(4)37(6)18-16-21(2)39(37,35(45)47-8)32(42)31(26)30/h9-12,19-23,26,28H,13-18H2,1-8H3/t20-,21-,22+,23+,26-,28+,36+,37+,38-,39-/m1/s1. The van der Waals surface area contributed by atoms with Crippen LogP contribution >= 0.6 is 15.9 Å². The number of rotatable bonds is 5. The third-order valence-corrected chi connectivity index (χ3v) is 14.6. The van der Waals surface area contributed by atoms with E-state index in [1.54, 1.807) is 30.3 Å². The summed E-state index contributed by atoms with van der Waals surface area (Å²) in [5.41, 5.74) is -1.80. The SMILES string of the molecule is COC(=O)[C@@]12C(=O)C3=C([C@@H](OC(=O)c4ccc(Br)cc4)CC[C@@H]3C3=CC(=O)[C@@]4(C(=O)OC)[C@H](C)CC[C@@]4(C)[C@H]3C)[C@H](C)[C@]1(C)CC[C@H]2C. The number of allylic oxidation sites excluding steroid dienone is 3. The first-order valence-electron chi connectivity index (χ1n) is 17.3. The summed E-state index contributed by atoms with van der Waals surface area (Å²) < 4.78 is 17.9. The van der Waals surface area contributed by atoms with Crippen molar-refractivity contribution in [2.24, 2.45) is 51.2 Å². The fourth-order valence-corrected chi connectivity index (χ4v) is 11.5. The summed E-state index contributed by atoms with van der Waals surface area (Å²) in [7, 11) is 2.67. The van der Waals surface area contributed by atoms with Gasteiger partial charge in [0.1, 0.15) is 16.9 Å². The molecule has 2 fully saturated rings. The Labute approximate surface area is 291 Å². The van der Waals surface area contributed by atoms with Crippen LogP contribution in [0.25, 0.3) is 0 Å². The highest BCUT2D eigenvalue weighted by atomic mass is 79.9. The van der Waals surface area contributed by atoms with Crippen molar-refractivity contribution in [1.29, 1.82) is 0 Å². The van der Waals surface area contributed by atoms with Crippen LogP contribution in [0.1, 0.15) is 90.4 Å². The minimum absolute atomic E-state index is 0.204. The highest BCUT2D eigenvalue weighted by Gasteiger charge is 2.73. The quantitative estimate of drug-likeness (QED) is 0.178. The lowest BCUT2D eigenvalue weighted by Crippen LogP contribution is -2.61. The lowest BCUT2D eigenvalue weighted by atomic mass is 9.46. The Bertz CT molecular complexity index is 1660. The third kappa shape index (κ3) is 4.21. The number of fused-ring (bicyclic) bond motifs is 2. The monoisotopic (exact) mass is 722 g/mol. The van der Waals surface area contributed by atoms with Gasteiger partial charge in [0, 0.05) is 16.0 Å². The molecular formula is C39H47BrO8. The largest absolute Gasteiger partial charge is 0.468 e. The molecule has 0 radical (unpaired) electrons. The van der Waals surface area contributed by atoms with E-state index in [4.69, 9.17) is 14.2 Å². The fourth-order valence-electron chi connectivity index (χ4n) is 11.2. The molecule has 48 heavy (non-hydrogen) atoms. The molecule has 5 aliphatic rings. The molecule has 0 unspecified atom stereocenters. The lowest BCUT2D eigenvalue weighted by molar-refractivity contribution is -0.173. The zero-order valence-electron chi connectivity index (χ0n) is 29.2. The Hall–Kier alpha value is -3.07. The Morgan fingerprint density at radius 2 is 1.31 bits per heavy atom. The van der Waals surface area contributed by atoms with Gasteiger partial charge in [0.05, 0.1) is 19.8 Å². The molecule has 5 aliphatic carbocycles. The van der Waals surface area contributed by atoms with E-state index in [0.29, 0.717) is 49.7 Å². The highest BCUT2D eigenvalue weighted by molar-refractivity contribution is 9.10. The van der Waals surface area contributed by atoms with Crippen LogP contribution in [0.2, 0.25) is 0 Å². The molecule has 8 nitrogen and oxygen atoms in total. The van der Waals surface area contributed by atoms with Gasteiger partial charge in [-0.2, -0.15) is 0 Å². The van der Waals surface area contributed by atoms with Crippen molar-refractivity contribution in [2.45, 2.75) is 86.2 Å². The Morgan fingerprint density at radius 1 is 0.771 bits per heavy atom. The second kappa shape index (κ2) is 11.8. The van der Waals surface area contributed by atoms with E-state index in [0.717, 1.165) is 15.6 Å². The molecule has 0 N–H and O–H groups in total. The molecule has 0 heterocycles. The number of benzene rings is 1.